The zero-order valence-electron chi connectivity index (χ0n) is 22.0. The number of rotatable bonds is 5. The summed E-state index contributed by atoms with van der Waals surface area (Å²) in [6.45, 7) is 3.46. The number of hydrogen-bond donors (Lipinski definition) is 0. The number of carbonyl (C=O) groups excluding carboxylic acids is 4. The van der Waals surface area contributed by atoms with E-state index < -0.39 is 35.2 Å². The van der Waals surface area contributed by atoms with Crippen molar-refractivity contribution in [1.29, 1.82) is 0 Å². The van der Waals surface area contributed by atoms with Gasteiger partial charge in [0.25, 0.3) is 5.78 Å². The molecular weight excluding hydrogens is 508 g/mol. The summed E-state index contributed by atoms with van der Waals surface area (Å²) in [5.41, 5.74) is -0.365. The van der Waals surface area contributed by atoms with Crippen molar-refractivity contribution in [1.82, 2.24) is 0 Å². The van der Waals surface area contributed by atoms with Crippen LogP contribution in [0, 0.1) is 11.8 Å². The molecule has 0 N–H and O–H groups in total. The minimum absolute atomic E-state index is 0.0855. The van der Waals surface area contributed by atoms with Gasteiger partial charge >= 0.3 is 17.9 Å². The molecule has 2 heterocycles. The Morgan fingerprint density at radius 1 is 0.974 bits per heavy atom. The largest absolute Gasteiger partial charge is 0.487 e. The average molecular weight is 537 g/mol. The van der Waals surface area contributed by atoms with Crippen LogP contribution in [-0.2, 0) is 34.0 Å². The lowest BCUT2D eigenvalue weighted by atomic mass is 9.63. The summed E-state index contributed by atoms with van der Waals surface area (Å²) < 4.78 is 33.3. The Balaban J connectivity index is 1.79. The highest BCUT2D eigenvalue weighted by Crippen LogP contribution is 2.59. The molecule has 2 aromatic rings. The molecule has 1 unspecified atom stereocenters. The molecule has 0 fully saturated rings. The van der Waals surface area contributed by atoms with E-state index in [4.69, 9.17) is 28.4 Å². The molecule has 0 radical (unpaired) electrons. The molecule has 0 saturated heterocycles. The van der Waals surface area contributed by atoms with Crippen LogP contribution >= 0.6 is 0 Å². The highest BCUT2D eigenvalue weighted by Gasteiger charge is 2.58. The molecule has 0 aromatic heterocycles. The fourth-order valence-electron chi connectivity index (χ4n) is 5.53. The number of hydrogen-bond acceptors (Lipinski definition) is 10. The van der Waals surface area contributed by atoms with Gasteiger partial charge in [0.05, 0.1) is 19.8 Å². The molecule has 204 valence electrons. The number of fused-ring (bicyclic) bond motifs is 2. The van der Waals surface area contributed by atoms with Crippen LogP contribution in [0.4, 0.5) is 0 Å². The van der Waals surface area contributed by atoms with E-state index in [1.165, 1.54) is 13.2 Å². The van der Waals surface area contributed by atoms with Crippen LogP contribution in [0.2, 0.25) is 0 Å². The van der Waals surface area contributed by atoms with E-state index >= 15 is 0 Å². The van der Waals surface area contributed by atoms with Crippen LogP contribution in [0.3, 0.4) is 0 Å². The number of Topliss-reactive ketones (excluding diaryl/α,β-unsaturated/α-hetero) is 1. The van der Waals surface area contributed by atoms with E-state index in [0.29, 0.717) is 22.4 Å². The summed E-state index contributed by atoms with van der Waals surface area (Å²) in [5.74, 6) is -2.99. The summed E-state index contributed by atoms with van der Waals surface area (Å²) in [7, 11) is 2.33. The van der Waals surface area contributed by atoms with E-state index in [0.717, 1.165) is 7.11 Å². The fraction of sp³-hybridized carbons (Fsp3) is 0.379. The molecule has 3 aliphatic rings. The number of benzene rings is 2. The first kappa shape index (κ1) is 26.3. The summed E-state index contributed by atoms with van der Waals surface area (Å²) in [6.07, 6.45) is 0.574. The van der Waals surface area contributed by atoms with Crippen molar-refractivity contribution in [2.24, 2.45) is 11.8 Å². The molecule has 0 saturated carbocycles. The Bertz CT molecular complexity index is 1380. The maximum atomic E-state index is 13.9. The molecule has 10 nitrogen and oxygen atoms in total. The third-order valence-corrected chi connectivity index (χ3v) is 7.78. The molecule has 5 rings (SSSR count). The Kier molecular flexibility index (Phi) is 6.80. The van der Waals surface area contributed by atoms with Crippen molar-refractivity contribution >= 4 is 23.7 Å². The maximum absolute atomic E-state index is 13.9. The van der Waals surface area contributed by atoms with Crippen LogP contribution in [0.25, 0.3) is 0 Å². The van der Waals surface area contributed by atoms with Gasteiger partial charge < -0.3 is 28.4 Å². The molecule has 0 spiro atoms. The van der Waals surface area contributed by atoms with Crippen molar-refractivity contribution in [3.63, 3.8) is 0 Å². The Labute approximate surface area is 224 Å². The number of carbonyl (C=O) groups is 4. The number of esters is 3. The summed E-state index contributed by atoms with van der Waals surface area (Å²) in [6, 6.07) is 10.2. The maximum Gasteiger partial charge on any atom is 0.375 e. The fourth-order valence-corrected chi connectivity index (χ4v) is 5.53. The minimum atomic E-state index is -1.75. The van der Waals surface area contributed by atoms with Crippen LogP contribution < -0.4 is 14.2 Å². The van der Waals surface area contributed by atoms with Crippen LogP contribution in [0.1, 0.15) is 47.9 Å². The van der Waals surface area contributed by atoms with Crippen molar-refractivity contribution in [2.75, 3.05) is 27.6 Å². The molecule has 10 heteroatoms. The lowest BCUT2D eigenvalue weighted by molar-refractivity contribution is -0.154. The predicted molar refractivity (Wildman–Crippen MR) is 134 cm³/mol. The molecule has 4 atom stereocenters. The van der Waals surface area contributed by atoms with E-state index in [9.17, 15) is 19.2 Å². The normalized spacial score (nSPS) is 25.5. The Morgan fingerprint density at radius 3 is 2.41 bits per heavy atom. The third-order valence-electron chi connectivity index (χ3n) is 7.78. The van der Waals surface area contributed by atoms with Crippen molar-refractivity contribution in [3.8, 4) is 17.2 Å². The average Bonchev–Trinajstić information content (AvgIpc) is 3.59. The topological polar surface area (TPSA) is 124 Å². The van der Waals surface area contributed by atoms with Crippen LogP contribution in [0.5, 0.6) is 17.2 Å². The summed E-state index contributed by atoms with van der Waals surface area (Å²) in [5, 5.41) is 0. The highest BCUT2D eigenvalue weighted by atomic mass is 16.7. The second kappa shape index (κ2) is 10.1. The monoisotopic (exact) mass is 536 g/mol. The Hall–Kier alpha value is -4.34. The third kappa shape index (κ3) is 4.20. The van der Waals surface area contributed by atoms with E-state index in [-0.39, 0.29) is 48.7 Å². The Morgan fingerprint density at radius 2 is 1.72 bits per heavy atom. The lowest BCUT2D eigenvalue weighted by Gasteiger charge is -2.39. The van der Waals surface area contributed by atoms with Gasteiger partial charge in [0.1, 0.15) is 18.1 Å². The first-order valence-corrected chi connectivity index (χ1v) is 12.5. The standard InChI is InChI=1S/C29H28O10/c1-15-10-18(11-21(30)34-3)29(26(31)28(33)35-4)13-36-25-22(29)19(12-20-24(25)38-14-37-20)23(16(15)2)39-27(32)17-8-6-5-7-9-17/h5-9,11-12,15-16,23H,10,13-14H2,1-4H3/b18-11-/t15-,16+,23-,29?/m1/s1. The van der Waals surface area contributed by atoms with Gasteiger partial charge in [0.2, 0.25) is 12.5 Å². The number of methoxy groups -OCH3 is 2. The minimum Gasteiger partial charge on any atom is -0.487 e. The SMILES string of the molecule is COC(=O)/C=C1/C[C@@H](C)[C@H](C)[C@@H](OC(=O)c2ccccc2)c2cc3c(c4c2C1(C(=O)C(=O)OC)CO4)OCO3. The van der Waals surface area contributed by atoms with Gasteiger partial charge in [-0.05, 0) is 36.1 Å². The van der Waals surface area contributed by atoms with Crippen LogP contribution in [-0.4, -0.2) is 51.3 Å². The molecule has 0 bridgehead atoms. The van der Waals surface area contributed by atoms with Gasteiger partial charge in [0.15, 0.2) is 11.5 Å². The van der Waals surface area contributed by atoms with Gasteiger partial charge in [-0.3, -0.25) is 4.79 Å². The lowest BCUT2D eigenvalue weighted by Crippen LogP contribution is -2.47. The summed E-state index contributed by atoms with van der Waals surface area (Å²) >= 11 is 0. The molecule has 1 aliphatic carbocycles. The van der Waals surface area contributed by atoms with Gasteiger partial charge in [-0.15, -0.1) is 0 Å². The number of ether oxygens (including phenoxy) is 6. The van der Waals surface area contributed by atoms with Gasteiger partial charge in [-0.2, -0.15) is 0 Å². The van der Waals surface area contributed by atoms with Gasteiger partial charge in [0, 0.05) is 23.1 Å². The second-order valence-electron chi connectivity index (χ2n) is 9.84. The first-order valence-electron chi connectivity index (χ1n) is 12.5. The zero-order chi connectivity index (χ0) is 27.9. The van der Waals surface area contributed by atoms with Gasteiger partial charge in [-0.25, -0.2) is 14.4 Å². The molecular formula is C29H28O10. The first-order chi connectivity index (χ1) is 18.7. The smallest absolute Gasteiger partial charge is 0.375 e. The van der Waals surface area contributed by atoms with E-state index in [1.54, 1.807) is 36.4 Å². The molecule has 2 aromatic carbocycles. The highest BCUT2D eigenvalue weighted by molar-refractivity contribution is 6.38. The second-order valence-corrected chi connectivity index (χ2v) is 9.84. The van der Waals surface area contributed by atoms with Crippen molar-refractivity contribution in [3.05, 3.63) is 64.7 Å². The molecule has 2 aliphatic heterocycles. The summed E-state index contributed by atoms with van der Waals surface area (Å²) in [4.78, 5) is 52.6. The van der Waals surface area contributed by atoms with Crippen molar-refractivity contribution < 1.29 is 47.6 Å². The number of ketones is 1. The quantitative estimate of drug-likeness (QED) is 0.243. The zero-order valence-corrected chi connectivity index (χ0v) is 22.0. The van der Waals surface area contributed by atoms with Crippen molar-refractivity contribution in [2.45, 2.75) is 31.8 Å². The van der Waals surface area contributed by atoms with E-state index in [1.807, 2.05) is 13.8 Å². The predicted octanol–water partition coefficient (Wildman–Crippen LogP) is 3.46. The van der Waals surface area contributed by atoms with Gasteiger partial charge in [-0.1, -0.05) is 32.0 Å². The molecule has 39 heavy (non-hydrogen) atoms. The molecule has 0 amide bonds. The van der Waals surface area contributed by atoms with Crippen LogP contribution in [0.15, 0.2) is 48.0 Å². The van der Waals surface area contributed by atoms with E-state index in [2.05, 4.69) is 0 Å².